The van der Waals surface area contributed by atoms with Crippen LogP contribution in [0.2, 0.25) is 0 Å². The summed E-state index contributed by atoms with van der Waals surface area (Å²) in [6.07, 6.45) is 2.76. The third kappa shape index (κ3) is 4.27. The van der Waals surface area contributed by atoms with E-state index in [1.54, 1.807) is 24.3 Å². The van der Waals surface area contributed by atoms with Crippen molar-refractivity contribution >= 4 is 16.0 Å². The molecule has 0 spiro atoms. The molecule has 1 aliphatic rings. The Bertz CT molecular complexity index is 859. The molecular formula is C19H21NO4S. The number of hydrogen-bond acceptors (Lipinski definition) is 4. The molecule has 1 N–H and O–H groups in total. The van der Waals surface area contributed by atoms with Gasteiger partial charge in [-0.25, -0.2) is 17.9 Å². The number of carbonyl (C=O) groups is 1. The number of benzene rings is 2. The highest BCUT2D eigenvalue weighted by Gasteiger charge is 2.24. The fraction of sp³-hybridized carbons (Fsp3) is 0.316. The van der Waals surface area contributed by atoms with Crippen LogP contribution in [0.3, 0.4) is 0 Å². The molecule has 2 aromatic rings. The van der Waals surface area contributed by atoms with E-state index in [0.717, 1.165) is 24.8 Å². The number of methoxy groups -OCH3 is 1. The lowest BCUT2D eigenvalue weighted by molar-refractivity contribution is 0.0600. The van der Waals surface area contributed by atoms with Gasteiger partial charge in [0.15, 0.2) is 0 Å². The Kier molecular flexibility index (Phi) is 5.20. The Morgan fingerprint density at radius 3 is 2.60 bits per heavy atom. The zero-order valence-electron chi connectivity index (χ0n) is 14.1. The molecule has 0 bridgehead atoms. The summed E-state index contributed by atoms with van der Waals surface area (Å²) in [4.78, 5) is 11.4. The van der Waals surface area contributed by atoms with Crippen LogP contribution in [0.15, 0.2) is 48.5 Å². The van der Waals surface area contributed by atoms with Gasteiger partial charge in [0.2, 0.25) is 10.0 Å². The van der Waals surface area contributed by atoms with Crippen LogP contribution < -0.4 is 4.72 Å². The van der Waals surface area contributed by atoms with Gasteiger partial charge >= 0.3 is 5.97 Å². The second-order valence-electron chi connectivity index (χ2n) is 6.21. The molecule has 1 aliphatic carbocycles. The average Bonchev–Trinajstić information content (AvgIpc) is 2.61. The van der Waals surface area contributed by atoms with Crippen LogP contribution in [0.1, 0.15) is 45.9 Å². The summed E-state index contributed by atoms with van der Waals surface area (Å²) in [6.45, 7) is 0. The normalized spacial score (nSPS) is 16.9. The number of hydrogen-bond donors (Lipinski definition) is 1. The van der Waals surface area contributed by atoms with Gasteiger partial charge in [0, 0.05) is 6.04 Å². The van der Waals surface area contributed by atoms with Crippen LogP contribution in [-0.2, 0) is 26.9 Å². The van der Waals surface area contributed by atoms with Crippen molar-refractivity contribution in [3.05, 3.63) is 70.8 Å². The molecule has 0 aromatic heterocycles. The number of carbonyl (C=O) groups excluding carboxylic acids is 1. The first-order valence-electron chi connectivity index (χ1n) is 8.23. The minimum absolute atomic E-state index is 0.118. The highest BCUT2D eigenvalue weighted by Crippen LogP contribution is 2.30. The number of fused-ring (bicyclic) bond motifs is 1. The zero-order valence-corrected chi connectivity index (χ0v) is 14.9. The summed E-state index contributed by atoms with van der Waals surface area (Å²) < 4.78 is 32.6. The lowest BCUT2D eigenvalue weighted by Gasteiger charge is -2.26. The van der Waals surface area contributed by atoms with E-state index in [4.69, 9.17) is 0 Å². The maximum atomic E-state index is 12.6. The lowest BCUT2D eigenvalue weighted by atomic mass is 9.88. The monoisotopic (exact) mass is 359 g/mol. The molecule has 6 heteroatoms. The Hall–Kier alpha value is -2.18. The fourth-order valence-corrected chi connectivity index (χ4v) is 4.60. The number of ether oxygens (including phenoxy) is 1. The van der Waals surface area contributed by atoms with Crippen LogP contribution in [0.4, 0.5) is 0 Å². The van der Waals surface area contributed by atoms with E-state index in [1.165, 1.54) is 12.7 Å². The summed E-state index contributed by atoms with van der Waals surface area (Å²) in [6, 6.07) is 14.2. The van der Waals surface area contributed by atoms with Gasteiger partial charge < -0.3 is 4.74 Å². The number of sulfonamides is 1. The highest BCUT2D eigenvalue weighted by atomic mass is 32.2. The standard InChI is InChI=1S/C19H21NO4S/c1-24-19(21)16-11-9-14(10-12-16)13-25(22,23)20-18-8-4-6-15-5-2-3-7-17(15)18/h2-3,5,7,9-12,18,20H,4,6,8,13H2,1H3/t18-/m0/s1. The fourth-order valence-electron chi connectivity index (χ4n) is 3.21. The predicted molar refractivity (Wildman–Crippen MR) is 95.7 cm³/mol. The van der Waals surface area contributed by atoms with Crippen LogP contribution >= 0.6 is 0 Å². The molecular weight excluding hydrogens is 338 g/mol. The molecule has 0 fully saturated rings. The van der Waals surface area contributed by atoms with E-state index < -0.39 is 16.0 Å². The van der Waals surface area contributed by atoms with Gasteiger partial charge in [0.25, 0.3) is 0 Å². The van der Waals surface area contributed by atoms with E-state index in [0.29, 0.717) is 11.1 Å². The Morgan fingerprint density at radius 2 is 1.88 bits per heavy atom. The molecule has 25 heavy (non-hydrogen) atoms. The minimum Gasteiger partial charge on any atom is -0.465 e. The van der Waals surface area contributed by atoms with Crippen molar-refractivity contribution in [2.75, 3.05) is 7.11 Å². The van der Waals surface area contributed by atoms with Crippen LogP contribution in [-0.4, -0.2) is 21.5 Å². The van der Waals surface area contributed by atoms with Gasteiger partial charge in [0.1, 0.15) is 0 Å². The van der Waals surface area contributed by atoms with E-state index in [-0.39, 0.29) is 11.8 Å². The molecule has 3 rings (SSSR count). The van der Waals surface area contributed by atoms with Crippen LogP contribution in [0, 0.1) is 0 Å². The molecule has 5 nitrogen and oxygen atoms in total. The quantitative estimate of drug-likeness (QED) is 0.833. The van der Waals surface area contributed by atoms with E-state index >= 15 is 0 Å². The van der Waals surface area contributed by atoms with Gasteiger partial charge in [-0.3, -0.25) is 0 Å². The molecule has 0 saturated carbocycles. The molecule has 0 unspecified atom stereocenters. The van der Waals surface area contributed by atoms with Crippen molar-refractivity contribution in [2.45, 2.75) is 31.1 Å². The van der Waals surface area contributed by atoms with Gasteiger partial charge in [-0.2, -0.15) is 0 Å². The smallest absolute Gasteiger partial charge is 0.337 e. The molecule has 0 heterocycles. The summed E-state index contributed by atoms with van der Waals surface area (Å²) in [7, 11) is -2.17. The molecule has 2 aromatic carbocycles. The second-order valence-corrected chi connectivity index (χ2v) is 7.96. The highest BCUT2D eigenvalue weighted by molar-refractivity contribution is 7.88. The number of esters is 1. The zero-order chi connectivity index (χ0) is 17.9. The maximum Gasteiger partial charge on any atom is 0.337 e. The van der Waals surface area contributed by atoms with Crippen molar-refractivity contribution in [2.24, 2.45) is 0 Å². The number of aryl methyl sites for hydroxylation is 1. The first kappa shape index (κ1) is 17.6. The lowest BCUT2D eigenvalue weighted by Crippen LogP contribution is -2.32. The third-order valence-electron chi connectivity index (χ3n) is 4.42. The number of nitrogens with one attached hydrogen (secondary N) is 1. The maximum absolute atomic E-state index is 12.6. The summed E-state index contributed by atoms with van der Waals surface area (Å²) in [5.41, 5.74) is 3.31. The first-order valence-corrected chi connectivity index (χ1v) is 9.89. The van der Waals surface area contributed by atoms with Crippen molar-refractivity contribution in [3.63, 3.8) is 0 Å². The van der Waals surface area contributed by atoms with Gasteiger partial charge in [-0.1, -0.05) is 36.4 Å². The SMILES string of the molecule is COC(=O)c1ccc(CS(=O)(=O)N[C@H]2CCCc3ccccc32)cc1. The van der Waals surface area contributed by atoms with Crippen LogP contribution in [0.25, 0.3) is 0 Å². The Balaban J connectivity index is 1.72. The Morgan fingerprint density at radius 1 is 1.16 bits per heavy atom. The van der Waals surface area contributed by atoms with Gasteiger partial charge in [-0.15, -0.1) is 0 Å². The van der Waals surface area contributed by atoms with E-state index in [2.05, 4.69) is 15.5 Å². The van der Waals surface area contributed by atoms with Gasteiger partial charge in [0.05, 0.1) is 18.4 Å². The van der Waals surface area contributed by atoms with Crippen molar-refractivity contribution in [3.8, 4) is 0 Å². The van der Waals surface area contributed by atoms with Crippen LogP contribution in [0.5, 0.6) is 0 Å². The average molecular weight is 359 g/mol. The van der Waals surface area contributed by atoms with Crippen molar-refractivity contribution < 1.29 is 17.9 Å². The molecule has 0 aliphatic heterocycles. The second kappa shape index (κ2) is 7.37. The summed E-state index contributed by atoms with van der Waals surface area (Å²) in [5.74, 6) is -0.557. The summed E-state index contributed by atoms with van der Waals surface area (Å²) in [5, 5.41) is 0. The molecule has 132 valence electrons. The molecule has 0 amide bonds. The predicted octanol–water partition coefficient (Wildman–Crippen LogP) is 2.97. The van der Waals surface area contributed by atoms with Crippen molar-refractivity contribution in [1.82, 2.24) is 4.72 Å². The Labute approximate surface area is 148 Å². The van der Waals surface area contributed by atoms with E-state index in [1.807, 2.05) is 18.2 Å². The molecule has 1 atom stereocenters. The van der Waals surface area contributed by atoms with Gasteiger partial charge in [-0.05, 0) is 48.1 Å². The van der Waals surface area contributed by atoms with E-state index in [9.17, 15) is 13.2 Å². The number of rotatable bonds is 5. The minimum atomic E-state index is -3.48. The first-order chi connectivity index (χ1) is 12.0. The summed E-state index contributed by atoms with van der Waals surface area (Å²) >= 11 is 0. The molecule has 0 saturated heterocycles. The van der Waals surface area contributed by atoms with Crippen molar-refractivity contribution in [1.29, 1.82) is 0 Å². The largest absolute Gasteiger partial charge is 0.465 e. The molecule has 0 radical (unpaired) electrons. The topological polar surface area (TPSA) is 72.5 Å². The third-order valence-corrected chi connectivity index (χ3v) is 5.78.